The van der Waals surface area contributed by atoms with Crippen LogP contribution in [0.15, 0.2) is 24.9 Å². The van der Waals surface area contributed by atoms with E-state index in [1.165, 1.54) is 13.3 Å². The highest BCUT2D eigenvalue weighted by Gasteiger charge is 2.08. The van der Waals surface area contributed by atoms with Crippen molar-refractivity contribution in [1.82, 2.24) is 9.97 Å². The molecule has 1 heterocycles. The maximum atomic E-state index is 11.1. The number of hydrogen-bond donors (Lipinski definition) is 1. The molecule has 0 spiro atoms. The fourth-order valence-electron chi connectivity index (χ4n) is 0.949. The van der Waals surface area contributed by atoms with E-state index in [1.807, 2.05) is 0 Å². The van der Waals surface area contributed by atoms with Crippen LogP contribution in [0.5, 0.6) is 0 Å². The summed E-state index contributed by atoms with van der Waals surface area (Å²) < 4.78 is 4.51. The minimum atomic E-state index is -0.539. The molecule has 0 aliphatic rings. The molecule has 0 saturated carbocycles. The van der Waals surface area contributed by atoms with E-state index in [1.54, 1.807) is 12.1 Å². The number of aromatic nitrogens is 2. The Morgan fingerprint density at radius 3 is 3.20 bits per heavy atom. The van der Waals surface area contributed by atoms with Crippen LogP contribution in [-0.2, 0) is 4.74 Å². The number of anilines is 1. The van der Waals surface area contributed by atoms with Gasteiger partial charge in [0.2, 0.25) is 5.82 Å². The van der Waals surface area contributed by atoms with E-state index in [4.69, 9.17) is 0 Å². The van der Waals surface area contributed by atoms with E-state index in [9.17, 15) is 4.79 Å². The molecule has 0 aliphatic carbocycles. The van der Waals surface area contributed by atoms with Crippen LogP contribution in [-0.4, -0.2) is 29.6 Å². The first-order chi connectivity index (χ1) is 7.27. The summed E-state index contributed by atoms with van der Waals surface area (Å²) in [6.45, 7) is 4.33. The van der Waals surface area contributed by atoms with E-state index in [0.29, 0.717) is 5.82 Å². The van der Waals surface area contributed by atoms with Crippen LogP contribution in [0, 0.1) is 0 Å². The molecule has 5 heteroatoms. The van der Waals surface area contributed by atoms with Gasteiger partial charge in [0.05, 0.1) is 7.11 Å². The monoisotopic (exact) mass is 207 g/mol. The number of carbonyl (C=O) groups is 1. The van der Waals surface area contributed by atoms with Gasteiger partial charge in [0.15, 0.2) is 0 Å². The van der Waals surface area contributed by atoms with Crippen LogP contribution >= 0.6 is 0 Å². The van der Waals surface area contributed by atoms with Gasteiger partial charge in [-0.15, -0.1) is 6.58 Å². The SMILES string of the molecule is C=CCCNc1ccnc(C(=O)OC)n1. The smallest absolute Gasteiger partial charge is 0.376 e. The summed E-state index contributed by atoms with van der Waals surface area (Å²) in [5.41, 5.74) is 0. The number of nitrogens with zero attached hydrogens (tertiary/aromatic N) is 2. The number of nitrogens with one attached hydrogen (secondary N) is 1. The second-order valence-electron chi connectivity index (χ2n) is 2.76. The molecule has 0 bridgehead atoms. The van der Waals surface area contributed by atoms with Gasteiger partial charge in [-0.3, -0.25) is 0 Å². The van der Waals surface area contributed by atoms with Gasteiger partial charge in [0, 0.05) is 12.7 Å². The summed E-state index contributed by atoms with van der Waals surface area (Å²) in [4.78, 5) is 18.9. The van der Waals surface area contributed by atoms with Crippen molar-refractivity contribution in [1.29, 1.82) is 0 Å². The van der Waals surface area contributed by atoms with E-state index in [0.717, 1.165) is 13.0 Å². The summed E-state index contributed by atoms with van der Waals surface area (Å²) in [5.74, 6) is 0.121. The molecule has 5 nitrogen and oxygen atoms in total. The molecule has 80 valence electrons. The number of esters is 1. The van der Waals surface area contributed by atoms with Crippen molar-refractivity contribution < 1.29 is 9.53 Å². The Bertz CT molecular complexity index is 352. The predicted octanol–water partition coefficient (Wildman–Crippen LogP) is 1.25. The maximum absolute atomic E-state index is 11.1. The Morgan fingerprint density at radius 1 is 1.73 bits per heavy atom. The topological polar surface area (TPSA) is 64.1 Å². The molecule has 1 aromatic heterocycles. The third kappa shape index (κ3) is 3.38. The molecule has 0 saturated heterocycles. The van der Waals surface area contributed by atoms with Crippen molar-refractivity contribution in [2.75, 3.05) is 19.0 Å². The molecule has 0 aromatic carbocycles. The van der Waals surface area contributed by atoms with Crippen LogP contribution in [0.4, 0.5) is 5.82 Å². The minimum Gasteiger partial charge on any atom is -0.463 e. The van der Waals surface area contributed by atoms with Gasteiger partial charge in [0.25, 0.3) is 0 Å². The van der Waals surface area contributed by atoms with Gasteiger partial charge in [-0.2, -0.15) is 0 Å². The quantitative estimate of drug-likeness (QED) is 0.447. The van der Waals surface area contributed by atoms with Crippen molar-refractivity contribution >= 4 is 11.8 Å². The Balaban J connectivity index is 2.65. The zero-order valence-electron chi connectivity index (χ0n) is 8.56. The average molecular weight is 207 g/mol. The molecule has 0 fully saturated rings. The summed E-state index contributed by atoms with van der Waals surface area (Å²) in [6, 6.07) is 1.69. The second-order valence-corrected chi connectivity index (χ2v) is 2.76. The fraction of sp³-hybridized carbons (Fsp3) is 0.300. The van der Waals surface area contributed by atoms with Crippen molar-refractivity contribution in [3.8, 4) is 0 Å². The van der Waals surface area contributed by atoms with E-state index in [2.05, 4.69) is 26.6 Å². The number of hydrogen-bond acceptors (Lipinski definition) is 5. The van der Waals surface area contributed by atoms with Crippen molar-refractivity contribution in [2.24, 2.45) is 0 Å². The minimum absolute atomic E-state index is 0.0566. The van der Waals surface area contributed by atoms with E-state index >= 15 is 0 Å². The molecule has 1 rings (SSSR count). The summed E-state index contributed by atoms with van der Waals surface area (Å²) in [5, 5.41) is 3.03. The number of carbonyl (C=O) groups excluding carboxylic acids is 1. The molecular formula is C10H13N3O2. The lowest BCUT2D eigenvalue weighted by molar-refractivity contribution is 0.0587. The van der Waals surface area contributed by atoms with Crippen LogP contribution < -0.4 is 5.32 Å². The molecule has 0 atom stereocenters. The summed E-state index contributed by atoms with van der Waals surface area (Å²) in [7, 11) is 1.30. The van der Waals surface area contributed by atoms with Gasteiger partial charge in [-0.05, 0) is 12.5 Å². The van der Waals surface area contributed by atoms with Crippen molar-refractivity contribution in [3.05, 3.63) is 30.7 Å². The van der Waals surface area contributed by atoms with Gasteiger partial charge >= 0.3 is 5.97 Å². The van der Waals surface area contributed by atoms with E-state index < -0.39 is 5.97 Å². The summed E-state index contributed by atoms with van der Waals surface area (Å²) >= 11 is 0. The lowest BCUT2D eigenvalue weighted by Crippen LogP contribution is -2.10. The molecule has 1 aromatic rings. The number of methoxy groups -OCH3 is 1. The second kappa shape index (κ2) is 5.74. The third-order valence-electron chi connectivity index (χ3n) is 1.68. The van der Waals surface area contributed by atoms with Crippen molar-refractivity contribution in [2.45, 2.75) is 6.42 Å². The predicted molar refractivity (Wildman–Crippen MR) is 56.7 cm³/mol. The maximum Gasteiger partial charge on any atom is 0.376 e. The molecule has 1 N–H and O–H groups in total. The molecule has 15 heavy (non-hydrogen) atoms. The zero-order valence-corrected chi connectivity index (χ0v) is 8.56. The van der Waals surface area contributed by atoms with Crippen LogP contribution in [0.2, 0.25) is 0 Å². The van der Waals surface area contributed by atoms with E-state index in [-0.39, 0.29) is 5.82 Å². The lowest BCUT2D eigenvalue weighted by atomic mass is 10.4. The zero-order chi connectivity index (χ0) is 11.1. The Morgan fingerprint density at radius 2 is 2.53 bits per heavy atom. The first-order valence-corrected chi connectivity index (χ1v) is 4.54. The molecule has 0 amide bonds. The number of ether oxygens (including phenoxy) is 1. The highest BCUT2D eigenvalue weighted by Crippen LogP contribution is 2.02. The third-order valence-corrected chi connectivity index (χ3v) is 1.68. The standard InChI is InChI=1S/C10H13N3O2/c1-3-4-6-11-8-5-7-12-9(13-8)10(14)15-2/h3,5,7H,1,4,6H2,2H3,(H,11,12,13). The normalized spacial score (nSPS) is 9.40. The Kier molecular flexibility index (Phi) is 4.28. The highest BCUT2D eigenvalue weighted by atomic mass is 16.5. The van der Waals surface area contributed by atoms with Crippen LogP contribution in [0.1, 0.15) is 17.0 Å². The molecule has 0 unspecified atom stereocenters. The molecule has 0 radical (unpaired) electrons. The largest absolute Gasteiger partial charge is 0.463 e. The first kappa shape index (κ1) is 11.2. The van der Waals surface area contributed by atoms with Gasteiger partial charge in [-0.1, -0.05) is 6.08 Å². The molecular weight excluding hydrogens is 194 g/mol. The summed E-state index contributed by atoms with van der Waals surface area (Å²) in [6.07, 6.45) is 4.14. The molecule has 0 aliphatic heterocycles. The van der Waals surface area contributed by atoms with Gasteiger partial charge in [-0.25, -0.2) is 14.8 Å². The highest BCUT2D eigenvalue weighted by molar-refractivity contribution is 5.85. The van der Waals surface area contributed by atoms with Gasteiger partial charge in [0.1, 0.15) is 5.82 Å². The van der Waals surface area contributed by atoms with Crippen molar-refractivity contribution in [3.63, 3.8) is 0 Å². The Hall–Kier alpha value is -1.91. The Labute approximate surface area is 88.2 Å². The number of rotatable bonds is 5. The fourth-order valence-corrected chi connectivity index (χ4v) is 0.949. The van der Waals surface area contributed by atoms with Crippen LogP contribution in [0.25, 0.3) is 0 Å². The lowest BCUT2D eigenvalue weighted by Gasteiger charge is -2.04. The average Bonchev–Trinajstić information content (AvgIpc) is 2.29. The van der Waals surface area contributed by atoms with Gasteiger partial charge < -0.3 is 10.1 Å². The van der Waals surface area contributed by atoms with Crippen LogP contribution in [0.3, 0.4) is 0 Å². The first-order valence-electron chi connectivity index (χ1n) is 4.54.